The van der Waals surface area contributed by atoms with E-state index < -0.39 is 15.3 Å². The van der Waals surface area contributed by atoms with E-state index in [-0.39, 0.29) is 6.03 Å². The van der Waals surface area contributed by atoms with Crippen LogP contribution in [0.1, 0.15) is 24.4 Å². The first kappa shape index (κ1) is 18.1. The summed E-state index contributed by atoms with van der Waals surface area (Å²) in [5, 5.41) is 5.35. The molecule has 2 heterocycles. The Bertz CT molecular complexity index is 657. The van der Waals surface area contributed by atoms with Crippen molar-refractivity contribution < 1.29 is 17.9 Å². The van der Waals surface area contributed by atoms with Gasteiger partial charge in [-0.2, -0.15) is 4.31 Å². The zero-order valence-corrected chi connectivity index (χ0v) is 15.1. The molecule has 0 bridgehead atoms. The lowest BCUT2D eigenvalue weighted by Gasteiger charge is -2.26. The molecule has 0 spiro atoms. The van der Waals surface area contributed by atoms with E-state index in [1.165, 1.54) is 15.6 Å². The fourth-order valence-electron chi connectivity index (χ4n) is 2.15. The predicted octanol–water partition coefficient (Wildman–Crippen LogP) is 1.01. The molecule has 1 aromatic heterocycles. The molecular weight excluding hydrogens is 340 g/mol. The van der Waals surface area contributed by atoms with Gasteiger partial charge in [0.05, 0.1) is 17.6 Å². The van der Waals surface area contributed by atoms with E-state index in [1.807, 2.05) is 0 Å². The highest BCUT2D eigenvalue weighted by Crippen LogP contribution is 2.30. The molecule has 1 aliphatic heterocycles. The molecule has 2 N–H and O–H groups in total. The molecule has 0 aliphatic carbocycles. The Morgan fingerprint density at radius 2 is 2.22 bits per heavy atom. The van der Waals surface area contributed by atoms with Gasteiger partial charge in [0.2, 0.25) is 10.0 Å². The first-order valence-corrected chi connectivity index (χ1v) is 9.68. The molecule has 0 aromatic carbocycles. The van der Waals surface area contributed by atoms with Gasteiger partial charge in [-0.1, -0.05) is 11.3 Å². The van der Waals surface area contributed by atoms with E-state index in [0.717, 1.165) is 10.6 Å². The third kappa shape index (κ3) is 4.40. The SMILES string of the molecule is COCCNC(=O)Nc1nc2c(s1)CN(S(=O)(=O)C(C)C)CC2. The maximum Gasteiger partial charge on any atom is 0.321 e. The van der Waals surface area contributed by atoms with Crippen LogP contribution in [-0.4, -0.2) is 55.8 Å². The Morgan fingerprint density at radius 1 is 1.48 bits per heavy atom. The number of anilines is 1. The standard InChI is InChI=1S/C13H22N4O4S2/c1-9(2)23(19,20)17-6-4-10-11(8-17)22-13(15-10)16-12(18)14-5-7-21-3/h9H,4-8H2,1-3H3,(H2,14,15,16,18). The number of thiazole rings is 1. The lowest BCUT2D eigenvalue weighted by Crippen LogP contribution is -2.39. The third-order valence-corrected chi connectivity index (χ3v) is 6.68. The van der Waals surface area contributed by atoms with Gasteiger partial charge in [0.25, 0.3) is 0 Å². The fourth-order valence-corrected chi connectivity index (χ4v) is 4.50. The van der Waals surface area contributed by atoms with Crippen molar-refractivity contribution in [1.29, 1.82) is 0 Å². The number of sulfonamides is 1. The second-order valence-electron chi connectivity index (χ2n) is 5.44. The van der Waals surface area contributed by atoms with Crippen LogP contribution in [0, 0.1) is 0 Å². The molecule has 0 unspecified atom stereocenters. The van der Waals surface area contributed by atoms with Crippen molar-refractivity contribution in [2.45, 2.75) is 32.1 Å². The van der Waals surface area contributed by atoms with Crippen LogP contribution < -0.4 is 10.6 Å². The van der Waals surface area contributed by atoms with Gasteiger partial charge in [-0.25, -0.2) is 18.2 Å². The normalized spacial score (nSPS) is 15.5. The predicted molar refractivity (Wildman–Crippen MR) is 89.2 cm³/mol. The number of carbonyl (C=O) groups excluding carboxylic acids is 1. The number of hydrogen-bond donors (Lipinski definition) is 2. The third-order valence-electron chi connectivity index (χ3n) is 3.46. The van der Waals surface area contributed by atoms with Crippen LogP contribution in [0.25, 0.3) is 0 Å². The number of fused-ring (bicyclic) bond motifs is 1. The molecule has 0 saturated heterocycles. The van der Waals surface area contributed by atoms with Crippen LogP contribution in [0.5, 0.6) is 0 Å². The molecule has 0 radical (unpaired) electrons. The van der Waals surface area contributed by atoms with Crippen molar-refractivity contribution in [3.8, 4) is 0 Å². The van der Waals surface area contributed by atoms with Crippen molar-refractivity contribution >= 4 is 32.5 Å². The van der Waals surface area contributed by atoms with Gasteiger partial charge in [0.15, 0.2) is 5.13 Å². The minimum atomic E-state index is -3.27. The largest absolute Gasteiger partial charge is 0.383 e. The number of nitrogens with zero attached hydrogens (tertiary/aromatic N) is 2. The van der Waals surface area contributed by atoms with Crippen LogP contribution in [-0.2, 0) is 27.7 Å². The summed E-state index contributed by atoms with van der Waals surface area (Å²) < 4.78 is 30.8. The minimum absolute atomic E-state index is 0.320. The summed E-state index contributed by atoms with van der Waals surface area (Å²) in [5.74, 6) is 0. The molecule has 2 rings (SSSR count). The van der Waals surface area contributed by atoms with Gasteiger partial charge < -0.3 is 10.1 Å². The second kappa shape index (κ2) is 7.56. The maximum absolute atomic E-state index is 12.2. The summed E-state index contributed by atoms with van der Waals surface area (Å²) in [6.07, 6.45) is 0.560. The number of hydrogen-bond acceptors (Lipinski definition) is 6. The van der Waals surface area contributed by atoms with Gasteiger partial charge in [0.1, 0.15) is 0 Å². The molecule has 0 atom stereocenters. The van der Waals surface area contributed by atoms with Gasteiger partial charge in [-0.05, 0) is 13.8 Å². The molecule has 1 aliphatic rings. The molecule has 2 amide bonds. The van der Waals surface area contributed by atoms with Crippen LogP contribution in [0.2, 0.25) is 0 Å². The monoisotopic (exact) mass is 362 g/mol. The van der Waals surface area contributed by atoms with E-state index in [1.54, 1.807) is 21.0 Å². The number of methoxy groups -OCH3 is 1. The van der Waals surface area contributed by atoms with E-state index in [9.17, 15) is 13.2 Å². The summed E-state index contributed by atoms with van der Waals surface area (Å²) in [7, 11) is -1.71. The summed E-state index contributed by atoms with van der Waals surface area (Å²) in [6, 6.07) is -0.347. The zero-order chi connectivity index (χ0) is 17.0. The van der Waals surface area contributed by atoms with E-state index >= 15 is 0 Å². The van der Waals surface area contributed by atoms with Crippen molar-refractivity contribution in [3.05, 3.63) is 10.6 Å². The summed E-state index contributed by atoms with van der Waals surface area (Å²) >= 11 is 1.31. The second-order valence-corrected chi connectivity index (χ2v) is 9.01. The topological polar surface area (TPSA) is 101 Å². The Kier molecular flexibility index (Phi) is 5.95. The summed E-state index contributed by atoms with van der Waals surface area (Å²) in [5.41, 5.74) is 0.859. The number of amides is 2. The highest BCUT2D eigenvalue weighted by molar-refractivity contribution is 7.89. The van der Waals surface area contributed by atoms with Crippen molar-refractivity contribution in [1.82, 2.24) is 14.6 Å². The first-order chi connectivity index (χ1) is 10.8. The van der Waals surface area contributed by atoms with Crippen LogP contribution in [0.3, 0.4) is 0 Å². The van der Waals surface area contributed by atoms with Crippen molar-refractivity contribution in [2.75, 3.05) is 32.1 Å². The first-order valence-electron chi connectivity index (χ1n) is 7.36. The van der Waals surface area contributed by atoms with Crippen LogP contribution in [0.4, 0.5) is 9.93 Å². The highest BCUT2D eigenvalue weighted by atomic mass is 32.2. The number of urea groups is 1. The average Bonchev–Trinajstić information content (AvgIpc) is 2.88. The van der Waals surface area contributed by atoms with Gasteiger partial charge in [-0.3, -0.25) is 5.32 Å². The number of ether oxygens (including phenoxy) is 1. The number of aromatic nitrogens is 1. The minimum Gasteiger partial charge on any atom is -0.383 e. The van der Waals surface area contributed by atoms with Crippen LogP contribution >= 0.6 is 11.3 Å². The van der Waals surface area contributed by atoms with Gasteiger partial charge in [-0.15, -0.1) is 0 Å². The molecule has 130 valence electrons. The van der Waals surface area contributed by atoms with E-state index in [4.69, 9.17) is 4.74 Å². The van der Waals surface area contributed by atoms with Crippen molar-refractivity contribution in [2.24, 2.45) is 0 Å². The average molecular weight is 362 g/mol. The van der Waals surface area contributed by atoms with Gasteiger partial charge >= 0.3 is 6.03 Å². The zero-order valence-electron chi connectivity index (χ0n) is 13.5. The summed E-state index contributed by atoms with van der Waals surface area (Å²) in [4.78, 5) is 17.0. The molecule has 8 nitrogen and oxygen atoms in total. The lowest BCUT2D eigenvalue weighted by atomic mass is 10.2. The lowest BCUT2D eigenvalue weighted by molar-refractivity contribution is 0.198. The van der Waals surface area contributed by atoms with Crippen LogP contribution in [0.15, 0.2) is 0 Å². The molecule has 23 heavy (non-hydrogen) atoms. The maximum atomic E-state index is 12.2. The Labute approximate surface area is 140 Å². The molecule has 0 saturated carbocycles. The summed E-state index contributed by atoms with van der Waals surface area (Å²) in [6.45, 7) is 4.94. The highest BCUT2D eigenvalue weighted by Gasteiger charge is 2.31. The Balaban J connectivity index is 2.00. The van der Waals surface area contributed by atoms with E-state index in [0.29, 0.717) is 37.8 Å². The Morgan fingerprint density at radius 3 is 2.87 bits per heavy atom. The molecular formula is C13H22N4O4S2. The number of nitrogens with one attached hydrogen (secondary N) is 2. The van der Waals surface area contributed by atoms with Crippen molar-refractivity contribution in [3.63, 3.8) is 0 Å². The smallest absolute Gasteiger partial charge is 0.321 e. The number of rotatable bonds is 6. The molecule has 0 fully saturated rings. The fraction of sp³-hybridized carbons (Fsp3) is 0.692. The van der Waals surface area contributed by atoms with Gasteiger partial charge in [0, 0.05) is 38.0 Å². The molecule has 10 heteroatoms. The Hall–Kier alpha value is -1.23. The van der Waals surface area contributed by atoms with E-state index in [2.05, 4.69) is 15.6 Å². The number of carbonyl (C=O) groups is 1. The molecule has 1 aromatic rings. The quantitative estimate of drug-likeness (QED) is 0.736.